The maximum atomic E-state index is 12.3. The van der Waals surface area contributed by atoms with Crippen LogP contribution in [0.4, 0.5) is 0 Å². The van der Waals surface area contributed by atoms with Gasteiger partial charge >= 0.3 is 0 Å². The van der Waals surface area contributed by atoms with Gasteiger partial charge in [0, 0.05) is 19.4 Å². The molecule has 0 aromatic heterocycles. The van der Waals surface area contributed by atoms with Crippen LogP contribution in [-0.2, 0) is 14.0 Å². The molecule has 0 aromatic carbocycles. The Labute approximate surface area is 148 Å². The van der Waals surface area contributed by atoms with Crippen LogP contribution in [0.1, 0.15) is 60.3 Å². The summed E-state index contributed by atoms with van der Waals surface area (Å²) in [6.07, 6.45) is 3.48. The summed E-state index contributed by atoms with van der Waals surface area (Å²) < 4.78 is 11.5. The smallest absolute Gasteiger partial charge is 0.225 e. The quantitative estimate of drug-likeness (QED) is 0.323. The molecule has 0 bridgehead atoms. The molecular formula is C18H36N2O3Si. The summed E-state index contributed by atoms with van der Waals surface area (Å²) in [5.74, 6) is 0.800. The first-order valence-electron chi connectivity index (χ1n) is 9.08. The second kappa shape index (κ2) is 8.47. The van der Waals surface area contributed by atoms with Crippen LogP contribution < -0.4 is 5.32 Å². The van der Waals surface area contributed by atoms with E-state index in [1.807, 2.05) is 0 Å². The topological polar surface area (TPSA) is 71.4 Å². The minimum atomic E-state index is -1.68. The predicted octanol–water partition coefficient (Wildman–Crippen LogP) is 4.29. The van der Waals surface area contributed by atoms with E-state index in [1.54, 1.807) is 13.8 Å². The van der Waals surface area contributed by atoms with Crippen molar-refractivity contribution < 1.29 is 14.0 Å². The third-order valence-corrected chi connectivity index (χ3v) is 9.90. The molecule has 140 valence electrons. The fourth-order valence-corrected chi connectivity index (χ4v) is 3.83. The zero-order valence-electron chi connectivity index (χ0n) is 16.5. The molecule has 5 nitrogen and oxygen atoms in total. The summed E-state index contributed by atoms with van der Waals surface area (Å²) in [6.45, 7) is 15.5. The number of carbonyl (C=O) groups is 1. The summed E-state index contributed by atoms with van der Waals surface area (Å²) in [7, 11) is -1.68. The molecule has 0 aromatic rings. The number of hydrogen-bond donors (Lipinski definition) is 2. The average Bonchev–Trinajstić information content (AvgIpc) is 2.43. The monoisotopic (exact) mass is 356 g/mol. The van der Waals surface area contributed by atoms with Crippen molar-refractivity contribution in [3.63, 3.8) is 0 Å². The van der Waals surface area contributed by atoms with Crippen molar-refractivity contribution in [2.75, 3.05) is 6.61 Å². The first kappa shape index (κ1) is 21.2. The van der Waals surface area contributed by atoms with Gasteiger partial charge in [-0.1, -0.05) is 20.8 Å². The van der Waals surface area contributed by atoms with Gasteiger partial charge in [0.2, 0.25) is 5.91 Å². The Hall–Kier alpha value is -0.883. The molecule has 0 saturated heterocycles. The van der Waals surface area contributed by atoms with Crippen molar-refractivity contribution in [1.29, 1.82) is 5.41 Å². The van der Waals surface area contributed by atoms with Crippen molar-refractivity contribution in [3.05, 3.63) is 0 Å². The van der Waals surface area contributed by atoms with E-state index >= 15 is 0 Å². The standard InChI is InChI=1S/C18H36N2O3Si/c1-13(19)23-14(2)20-17(21)16-10-8-15(9-11-16)12-22-24(6,7)18(3,4)5/h14-16,19H,8-12H2,1-7H3,(H,20,21). The zero-order chi connectivity index (χ0) is 18.5. The van der Waals surface area contributed by atoms with Gasteiger partial charge in [-0.05, 0) is 56.7 Å². The highest BCUT2D eigenvalue weighted by Crippen LogP contribution is 2.38. The van der Waals surface area contributed by atoms with E-state index in [9.17, 15) is 4.79 Å². The van der Waals surface area contributed by atoms with E-state index in [1.165, 1.54) is 0 Å². The van der Waals surface area contributed by atoms with Gasteiger partial charge in [0.15, 0.2) is 20.4 Å². The summed E-state index contributed by atoms with van der Waals surface area (Å²) in [4.78, 5) is 12.3. The van der Waals surface area contributed by atoms with Crippen LogP contribution in [0.5, 0.6) is 0 Å². The highest BCUT2D eigenvalue weighted by molar-refractivity contribution is 6.74. The lowest BCUT2D eigenvalue weighted by atomic mass is 9.82. The minimum Gasteiger partial charge on any atom is -0.459 e. The predicted molar refractivity (Wildman–Crippen MR) is 101 cm³/mol. The molecule has 2 N–H and O–H groups in total. The summed E-state index contributed by atoms with van der Waals surface area (Å²) in [5.41, 5.74) is 0. The van der Waals surface area contributed by atoms with Gasteiger partial charge in [0.1, 0.15) is 0 Å². The molecule has 1 saturated carbocycles. The Morgan fingerprint density at radius 1 is 1.25 bits per heavy atom. The Morgan fingerprint density at radius 2 is 1.79 bits per heavy atom. The van der Waals surface area contributed by atoms with Crippen molar-refractivity contribution in [2.45, 2.75) is 84.7 Å². The minimum absolute atomic E-state index is 0.0486. The molecule has 1 aliphatic rings. The molecule has 24 heavy (non-hydrogen) atoms. The largest absolute Gasteiger partial charge is 0.459 e. The molecule has 1 aliphatic carbocycles. The second-order valence-electron chi connectivity index (χ2n) is 8.61. The lowest BCUT2D eigenvalue weighted by Crippen LogP contribution is -2.43. The number of rotatable bonds is 6. The lowest BCUT2D eigenvalue weighted by Gasteiger charge is -2.38. The van der Waals surface area contributed by atoms with Gasteiger partial charge in [-0.3, -0.25) is 10.2 Å². The number of carbonyl (C=O) groups excluding carboxylic acids is 1. The van der Waals surface area contributed by atoms with E-state index in [-0.39, 0.29) is 22.8 Å². The van der Waals surface area contributed by atoms with Crippen molar-refractivity contribution in [3.8, 4) is 0 Å². The van der Waals surface area contributed by atoms with Gasteiger partial charge < -0.3 is 14.5 Å². The van der Waals surface area contributed by atoms with Gasteiger partial charge in [-0.25, -0.2) is 0 Å². The highest BCUT2D eigenvalue weighted by atomic mass is 28.4. The maximum Gasteiger partial charge on any atom is 0.225 e. The number of hydrogen-bond acceptors (Lipinski definition) is 4. The van der Waals surface area contributed by atoms with Crippen LogP contribution in [0, 0.1) is 17.2 Å². The molecule has 0 spiro atoms. The van der Waals surface area contributed by atoms with Crippen LogP contribution in [-0.4, -0.2) is 33.0 Å². The zero-order valence-corrected chi connectivity index (χ0v) is 17.5. The molecule has 0 aliphatic heterocycles. The normalized spacial score (nSPS) is 23.5. The van der Waals surface area contributed by atoms with Crippen molar-refractivity contribution in [1.82, 2.24) is 5.32 Å². The Balaban J connectivity index is 2.36. The number of ether oxygens (including phenoxy) is 1. The fraction of sp³-hybridized carbons (Fsp3) is 0.889. The molecule has 0 radical (unpaired) electrons. The van der Waals surface area contributed by atoms with Crippen LogP contribution in [0.2, 0.25) is 18.1 Å². The van der Waals surface area contributed by atoms with E-state index in [4.69, 9.17) is 14.6 Å². The average molecular weight is 357 g/mol. The fourth-order valence-electron chi connectivity index (χ4n) is 2.75. The van der Waals surface area contributed by atoms with Crippen LogP contribution in [0.15, 0.2) is 0 Å². The van der Waals surface area contributed by atoms with Gasteiger partial charge in [-0.15, -0.1) is 0 Å². The third-order valence-electron chi connectivity index (χ3n) is 5.40. The van der Waals surface area contributed by atoms with E-state index < -0.39 is 14.5 Å². The van der Waals surface area contributed by atoms with Crippen molar-refractivity contribution in [2.24, 2.45) is 11.8 Å². The maximum absolute atomic E-state index is 12.3. The molecule has 6 heteroatoms. The Morgan fingerprint density at radius 3 is 2.25 bits per heavy atom. The van der Waals surface area contributed by atoms with Crippen LogP contribution >= 0.6 is 0 Å². The SMILES string of the molecule is CC(=N)OC(C)NC(=O)C1CCC(CO[Si](C)(C)C(C)(C)C)CC1. The summed E-state index contributed by atoms with van der Waals surface area (Å²) >= 11 is 0. The molecular weight excluding hydrogens is 320 g/mol. The van der Waals surface area contributed by atoms with Gasteiger partial charge in [-0.2, -0.15) is 0 Å². The van der Waals surface area contributed by atoms with E-state index in [0.29, 0.717) is 5.92 Å². The van der Waals surface area contributed by atoms with E-state index in [2.05, 4.69) is 39.2 Å². The highest BCUT2D eigenvalue weighted by Gasteiger charge is 2.38. The van der Waals surface area contributed by atoms with Gasteiger partial charge in [0.05, 0.1) is 0 Å². The lowest BCUT2D eigenvalue weighted by molar-refractivity contribution is -0.128. The molecule has 1 atom stereocenters. The molecule has 1 unspecified atom stereocenters. The van der Waals surface area contributed by atoms with E-state index in [0.717, 1.165) is 32.3 Å². The summed E-state index contributed by atoms with van der Waals surface area (Å²) in [5, 5.41) is 10.4. The number of nitrogens with one attached hydrogen (secondary N) is 2. The molecule has 1 fully saturated rings. The summed E-state index contributed by atoms with van der Waals surface area (Å²) in [6, 6.07) is 0. The van der Waals surface area contributed by atoms with Crippen LogP contribution in [0.3, 0.4) is 0 Å². The molecule has 1 amide bonds. The molecule has 1 rings (SSSR count). The number of amides is 1. The molecule has 0 heterocycles. The second-order valence-corrected chi connectivity index (χ2v) is 13.4. The first-order chi connectivity index (χ1) is 10.9. The first-order valence-corrected chi connectivity index (χ1v) is 12.0. The third kappa shape index (κ3) is 6.55. The van der Waals surface area contributed by atoms with Crippen LogP contribution in [0.25, 0.3) is 0 Å². The Bertz CT molecular complexity index is 438. The van der Waals surface area contributed by atoms with Gasteiger partial charge in [0.25, 0.3) is 0 Å². The Kier molecular flexibility index (Phi) is 7.47. The van der Waals surface area contributed by atoms with Crippen molar-refractivity contribution >= 4 is 20.1 Å².